The summed E-state index contributed by atoms with van der Waals surface area (Å²) in [6.07, 6.45) is 4.75. The van der Waals surface area contributed by atoms with Crippen LogP contribution in [0.15, 0.2) is 65.4 Å². The van der Waals surface area contributed by atoms with Gasteiger partial charge >= 0.3 is 0 Å². The van der Waals surface area contributed by atoms with Crippen molar-refractivity contribution in [3.8, 4) is 0 Å². The van der Waals surface area contributed by atoms with E-state index < -0.39 is 6.04 Å². The first-order chi connectivity index (χ1) is 17.5. The normalized spacial score (nSPS) is 15.8. The van der Waals surface area contributed by atoms with Gasteiger partial charge in [0.2, 0.25) is 17.7 Å². The van der Waals surface area contributed by atoms with Crippen molar-refractivity contribution < 1.29 is 23.6 Å². The van der Waals surface area contributed by atoms with Crippen molar-refractivity contribution in [3.63, 3.8) is 0 Å². The van der Waals surface area contributed by atoms with Crippen LogP contribution in [0.4, 0.5) is 11.5 Å². The van der Waals surface area contributed by atoms with Gasteiger partial charge in [0.05, 0.1) is 6.10 Å². The third-order valence-electron chi connectivity index (χ3n) is 5.82. The number of anilines is 2. The van der Waals surface area contributed by atoms with Crippen molar-refractivity contribution in [2.45, 2.75) is 44.8 Å². The number of para-hydroxylation sites is 1. The molecule has 4 rings (SSSR count). The van der Waals surface area contributed by atoms with Crippen molar-refractivity contribution in [3.05, 3.63) is 72.2 Å². The number of amides is 3. The topological polar surface area (TPSA) is 127 Å². The second-order valence-corrected chi connectivity index (χ2v) is 8.53. The standard InChI is InChI=1S/C26H29N5O5/c1-18-16-22(30-36-18)29-23(32)9-10-24(33)31(20-6-3-2-4-7-20)25(19-11-13-27-14-12-19)26(34)28-17-21-8-5-15-35-21/h2-4,6-7,11-14,16,21,25H,5,8-10,15,17H2,1H3,(H,28,34)(H,29,30,32)/t21-,25+/m0/s1. The van der Waals surface area contributed by atoms with Gasteiger partial charge in [-0.05, 0) is 49.6 Å². The summed E-state index contributed by atoms with van der Waals surface area (Å²) in [6.45, 7) is 2.75. The first-order valence-corrected chi connectivity index (χ1v) is 11.9. The number of nitrogens with one attached hydrogen (secondary N) is 2. The highest BCUT2D eigenvalue weighted by Crippen LogP contribution is 2.29. The number of carbonyl (C=O) groups excluding carboxylic acids is 3. The van der Waals surface area contributed by atoms with Gasteiger partial charge in [-0.3, -0.25) is 24.3 Å². The molecule has 1 aliphatic heterocycles. The maximum absolute atomic E-state index is 13.6. The van der Waals surface area contributed by atoms with Crippen molar-refractivity contribution in [1.82, 2.24) is 15.5 Å². The molecule has 188 valence electrons. The van der Waals surface area contributed by atoms with E-state index >= 15 is 0 Å². The molecule has 0 unspecified atom stereocenters. The van der Waals surface area contributed by atoms with Crippen LogP contribution in [-0.2, 0) is 19.1 Å². The summed E-state index contributed by atoms with van der Waals surface area (Å²) in [6, 6.07) is 13.0. The first kappa shape index (κ1) is 25.1. The van der Waals surface area contributed by atoms with E-state index in [1.165, 1.54) is 4.90 Å². The van der Waals surface area contributed by atoms with Gasteiger partial charge in [-0.25, -0.2) is 0 Å². The highest BCUT2D eigenvalue weighted by atomic mass is 16.5. The van der Waals surface area contributed by atoms with Gasteiger partial charge in [0.1, 0.15) is 11.8 Å². The molecule has 2 aromatic heterocycles. The molecule has 0 bridgehead atoms. The van der Waals surface area contributed by atoms with E-state index in [0.717, 1.165) is 12.8 Å². The van der Waals surface area contributed by atoms with Gasteiger partial charge in [-0.1, -0.05) is 23.4 Å². The first-order valence-electron chi connectivity index (χ1n) is 11.9. The fourth-order valence-electron chi connectivity index (χ4n) is 4.08. The van der Waals surface area contributed by atoms with Crippen LogP contribution in [0.1, 0.15) is 43.0 Å². The molecule has 10 heteroatoms. The predicted octanol–water partition coefficient (Wildman–Crippen LogP) is 3.17. The Morgan fingerprint density at radius 3 is 2.56 bits per heavy atom. The van der Waals surface area contributed by atoms with Gasteiger partial charge in [-0.15, -0.1) is 0 Å². The molecule has 0 radical (unpaired) electrons. The number of ether oxygens (including phenoxy) is 1. The molecule has 36 heavy (non-hydrogen) atoms. The number of hydrogen-bond acceptors (Lipinski definition) is 7. The van der Waals surface area contributed by atoms with Crippen LogP contribution in [0.5, 0.6) is 0 Å². The zero-order chi connectivity index (χ0) is 25.3. The molecule has 3 aromatic rings. The van der Waals surface area contributed by atoms with Gasteiger partial charge in [-0.2, -0.15) is 0 Å². The molecule has 0 aliphatic carbocycles. The summed E-state index contributed by atoms with van der Waals surface area (Å²) in [5.41, 5.74) is 1.15. The highest BCUT2D eigenvalue weighted by Gasteiger charge is 2.33. The SMILES string of the molecule is Cc1cc(NC(=O)CCC(=O)N(c2ccccc2)[C@@H](C(=O)NC[C@@H]2CCCO2)c2ccncc2)no1. The number of pyridine rings is 1. The Balaban J connectivity index is 1.55. The van der Waals surface area contributed by atoms with Crippen molar-refractivity contribution in [2.24, 2.45) is 0 Å². The molecule has 1 aromatic carbocycles. The lowest BCUT2D eigenvalue weighted by molar-refractivity contribution is -0.127. The van der Waals surface area contributed by atoms with E-state index in [1.807, 2.05) is 6.07 Å². The van der Waals surface area contributed by atoms with Gasteiger partial charge in [0, 0.05) is 50.1 Å². The average molecular weight is 492 g/mol. The minimum Gasteiger partial charge on any atom is -0.376 e. The molecule has 2 atom stereocenters. The second kappa shape index (κ2) is 12.1. The Bertz CT molecular complexity index is 1160. The van der Waals surface area contributed by atoms with Crippen LogP contribution in [0.25, 0.3) is 0 Å². The number of aryl methyl sites for hydroxylation is 1. The molecule has 0 spiro atoms. The molecule has 3 amide bonds. The average Bonchev–Trinajstić information content (AvgIpc) is 3.57. The zero-order valence-electron chi connectivity index (χ0n) is 20.1. The van der Waals surface area contributed by atoms with Crippen LogP contribution in [0.2, 0.25) is 0 Å². The van der Waals surface area contributed by atoms with Crippen LogP contribution >= 0.6 is 0 Å². The van der Waals surface area contributed by atoms with E-state index in [-0.39, 0.29) is 42.5 Å². The van der Waals surface area contributed by atoms with Crippen LogP contribution in [0.3, 0.4) is 0 Å². The number of benzene rings is 1. The minimum atomic E-state index is -0.953. The Morgan fingerprint density at radius 2 is 1.89 bits per heavy atom. The molecule has 0 saturated carbocycles. The monoisotopic (exact) mass is 491 g/mol. The number of rotatable bonds is 10. The lowest BCUT2D eigenvalue weighted by Crippen LogP contribution is -2.45. The lowest BCUT2D eigenvalue weighted by Gasteiger charge is -2.31. The molecule has 2 N–H and O–H groups in total. The van der Waals surface area contributed by atoms with Gasteiger partial charge in [0.25, 0.3) is 0 Å². The number of hydrogen-bond donors (Lipinski definition) is 2. The van der Waals surface area contributed by atoms with E-state index in [1.54, 1.807) is 61.8 Å². The second-order valence-electron chi connectivity index (χ2n) is 8.53. The van der Waals surface area contributed by atoms with Crippen LogP contribution in [0, 0.1) is 6.92 Å². The Hall–Kier alpha value is -4.05. The quantitative estimate of drug-likeness (QED) is 0.446. The van der Waals surface area contributed by atoms with Crippen molar-refractivity contribution in [2.75, 3.05) is 23.4 Å². The fraction of sp³-hybridized carbons (Fsp3) is 0.346. The minimum absolute atomic E-state index is 0.0446. The zero-order valence-corrected chi connectivity index (χ0v) is 20.1. The van der Waals surface area contributed by atoms with E-state index in [2.05, 4.69) is 20.8 Å². The molecule has 10 nitrogen and oxygen atoms in total. The van der Waals surface area contributed by atoms with Crippen molar-refractivity contribution >= 4 is 29.2 Å². The third kappa shape index (κ3) is 6.54. The summed E-state index contributed by atoms with van der Waals surface area (Å²) in [5, 5.41) is 9.31. The largest absolute Gasteiger partial charge is 0.376 e. The lowest BCUT2D eigenvalue weighted by atomic mass is 10.0. The fourth-order valence-corrected chi connectivity index (χ4v) is 4.08. The van der Waals surface area contributed by atoms with Crippen LogP contribution in [-0.4, -0.2) is 47.1 Å². The third-order valence-corrected chi connectivity index (χ3v) is 5.82. The van der Waals surface area contributed by atoms with Gasteiger partial charge < -0.3 is 19.9 Å². The summed E-state index contributed by atoms with van der Waals surface area (Å²) in [5.74, 6) is -0.245. The maximum Gasteiger partial charge on any atom is 0.247 e. The number of carbonyl (C=O) groups is 3. The van der Waals surface area contributed by atoms with E-state index in [4.69, 9.17) is 9.26 Å². The van der Waals surface area contributed by atoms with Gasteiger partial charge in [0.15, 0.2) is 5.82 Å². The van der Waals surface area contributed by atoms with Crippen molar-refractivity contribution in [1.29, 1.82) is 0 Å². The summed E-state index contributed by atoms with van der Waals surface area (Å²) >= 11 is 0. The van der Waals surface area contributed by atoms with E-state index in [0.29, 0.717) is 30.2 Å². The Kier molecular flexibility index (Phi) is 8.40. The summed E-state index contributed by atoms with van der Waals surface area (Å²) in [4.78, 5) is 45.0. The van der Waals surface area contributed by atoms with Crippen LogP contribution < -0.4 is 15.5 Å². The Morgan fingerprint density at radius 1 is 1.11 bits per heavy atom. The van der Waals surface area contributed by atoms with E-state index in [9.17, 15) is 14.4 Å². The highest BCUT2D eigenvalue weighted by molar-refractivity contribution is 6.03. The summed E-state index contributed by atoms with van der Waals surface area (Å²) < 4.78 is 10.6. The maximum atomic E-state index is 13.6. The Labute approximate surface area is 209 Å². The smallest absolute Gasteiger partial charge is 0.247 e. The molecule has 1 fully saturated rings. The predicted molar refractivity (Wildman–Crippen MR) is 132 cm³/mol. The molecule has 1 saturated heterocycles. The molecular formula is C26H29N5O5. The number of nitrogens with zero attached hydrogens (tertiary/aromatic N) is 3. The molecular weight excluding hydrogens is 462 g/mol. The number of aromatic nitrogens is 2. The molecule has 3 heterocycles. The summed E-state index contributed by atoms with van der Waals surface area (Å²) in [7, 11) is 0. The molecule has 1 aliphatic rings.